The monoisotopic (exact) mass is 570 g/mol. The molecule has 0 radical (unpaired) electrons. The van der Waals surface area contributed by atoms with Crippen LogP contribution in [0.15, 0.2) is 108 Å². The van der Waals surface area contributed by atoms with Crippen LogP contribution in [-0.2, 0) is 6.54 Å². The fraction of sp³-hybridized carbons (Fsp3) is 0.0968. The molecule has 1 unspecified atom stereocenters. The minimum absolute atomic E-state index is 0.253. The first kappa shape index (κ1) is 23.7. The fourth-order valence-corrected chi connectivity index (χ4v) is 5.35. The van der Waals surface area contributed by atoms with E-state index in [-0.39, 0.29) is 11.8 Å². The van der Waals surface area contributed by atoms with E-state index in [1.165, 1.54) is 0 Å². The Hall–Kier alpha value is -3.67. The molecule has 2 N–H and O–H groups in total. The molecule has 5 aromatic carbocycles. The average molecular weight is 572 g/mol. The van der Waals surface area contributed by atoms with Crippen molar-refractivity contribution in [3.63, 3.8) is 0 Å². The summed E-state index contributed by atoms with van der Waals surface area (Å²) in [5.41, 5.74) is 4.93. The van der Waals surface area contributed by atoms with E-state index in [1.54, 1.807) is 0 Å². The maximum Gasteiger partial charge on any atom is 0.161 e. The summed E-state index contributed by atoms with van der Waals surface area (Å²) in [4.78, 5) is 2.17. The zero-order chi connectivity index (χ0) is 25.4. The molecule has 1 heterocycles. The Bertz CT molecular complexity index is 1590. The van der Waals surface area contributed by atoms with Gasteiger partial charge >= 0.3 is 0 Å². The molecular formula is C31H24BrClN2O2. The number of nitrogens with zero attached hydrogens (tertiary/aromatic N) is 1. The summed E-state index contributed by atoms with van der Waals surface area (Å²) in [6.07, 6.45) is 0. The molecule has 1 aliphatic rings. The van der Waals surface area contributed by atoms with Gasteiger partial charge in [-0.05, 0) is 83.1 Å². The molecule has 1 atom stereocenters. The summed E-state index contributed by atoms with van der Waals surface area (Å²) in [6, 6.07) is 33.8. The smallest absolute Gasteiger partial charge is 0.161 e. The first-order valence-electron chi connectivity index (χ1n) is 12.0. The van der Waals surface area contributed by atoms with Gasteiger partial charge in [0.15, 0.2) is 6.73 Å². The molecule has 4 nitrogen and oxygen atoms in total. The number of aromatic hydroxyl groups is 1. The zero-order valence-electron chi connectivity index (χ0n) is 19.9. The third-order valence-corrected chi connectivity index (χ3v) is 7.43. The number of fused-ring (bicyclic) bond motifs is 2. The van der Waals surface area contributed by atoms with Crippen molar-refractivity contribution in [3.05, 3.63) is 129 Å². The van der Waals surface area contributed by atoms with Crippen LogP contribution in [0, 0.1) is 0 Å². The number of hydrogen-bond acceptors (Lipinski definition) is 4. The van der Waals surface area contributed by atoms with Crippen molar-refractivity contribution in [2.45, 2.75) is 12.6 Å². The number of benzene rings is 5. The van der Waals surface area contributed by atoms with Gasteiger partial charge in [-0.25, -0.2) is 0 Å². The van der Waals surface area contributed by atoms with Crippen molar-refractivity contribution in [2.24, 2.45) is 0 Å². The Balaban J connectivity index is 1.41. The lowest BCUT2D eigenvalue weighted by molar-refractivity contribution is 0.289. The van der Waals surface area contributed by atoms with Crippen LogP contribution in [0.2, 0.25) is 5.02 Å². The van der Waals surface area contributed by atoms with Gasteiger partial charge in [-0.1, -0.05) is 63.9 Å². The number of ether oxygens (including phenoxy) is 1. The maximum absolute atomic E-state index is 11.1. The van der Waals surface area contributed by atoms with Gasteiger partial charge in [0.25, 0.3) is 0 Å². The lowest BCUT2D eigenvalue weighted by Crippen LogP contribution is -2.32. The minimum Gasteiger partial charge on any atom is -0.508 e. The summed E-state index contributed by atoms with van der Waals surface area (Å²) in [6.45, 7) is 1.18. The largest absolute Gasteiger partial charge is 0.508 e. The Morgan fingerprint density at radius 3 is 2.43 bits per heavy atom. The van der Waals surface area contributed by atoms with Crippen LogP contribution in [0.3, 0.4) is 0 Å². The molecule has 0 saturated carbocycles. The number of phenols is 1. The van der Waals surface area contributed by atoms with E-state index in [1.807, 2.05) is 78.9 Å². The van der Waals surface area contributed by atoms with Gasteiger partial charge in [0, 0.05) is 38.5 Å². The Kier molecular flexibility index (Phi) is 6.41. The highest BCUT2D eigenvalue weighted by Crippen LogP contribution is 2.38. The van der Waals surface area contributed by atoms with Crippen LogP contribution in [-0.4, -0.2) is 11.8 Å². The minimum atomic E-state index is -0.282. The Morgan fingerprint density at radius 2 is 1.65 bits per heavy atom. The van der Waals surface area contributed by atoms with Crippen LogP contribution in [0.4, 0.5) is 11.4 Å². The number of rotatable bonds is 5. The number of anilines is 2. The van der Waals surface area contributed by atoms with Crippen molar-refractivity contribution >= 4 is 49.7 Å². The first-order chi connectivity index (χ1) is 18.0. The summed E-state index contributed by atoms with van der Waals surface area (Å²) in [5, 5.41) is 17.6. The van der Waals surface area contributed by atoms with Gasteiger partial charge in [0.1, 0.15) is 11.5 Å². The number of phenolic OH excluding ortho intramolecular Hbond substituents is 1. The lowest BCUT2D eigenvalue weighted by Gasteiger charge is -2.32. The Labute approximate surface area is 229 Å². The van der Waals surface area contributed by atoms with Crippen LogP contribution in [0.1, 0.15) is 22.7 Å². The molecule has 37 heavy (non-hydrogen) atoms. The van der Waals surface area contributed by atoms with Crippen molar-refractivity contribution in [1.29, 1.82) is 0 Å². The summed E-state index contributed by atoms with van der Waals surface area (Å²) < 4.78 is 7.08. The molecule has 5 aromatic rings. The van der Waals surface area contributed by atoms with Gasteiger partial charge in [-0.2, -0.15) is 0 Å². The second-order valence-corrected chi connectivity index (χ2v) is 10.5. The number of halogens is 2. The second kappa shape index (κ2) is 10.0. The van der Waals surface area contributed by atoms with Crippen molar-refractivity contribution in [2.75, 3.05) is 16.9 Å². The van der Waals surface area contributed by atoms with Gasteiger partial charge in [-0.15, -0.1) is 0 Å². The summed E-state index contributed by atoms with van der Waals surface area (Å²) in [7, 11) is 0. The predicted molar refractivity (Wildman–Crippen MR) is 155 cm³/mol. The Morgan fingerprint density at radius 1 is 0.865 bits per heavy atom. The van der Waals surface area contributed by atoms with E-state index in [4.69, 9.17) is 16.3 Å². The SMILES string of the molecule is Oc1cc2ccccc2cc1C(Nc1cccc(Br)c1)c1ccc2c(c1)CN(c1ccc(Cl)cc1)CO2. The molecule has 0 bridgehead atoms. The van der Waals surface area contributed by atoms with Crippen LogP contribution in [0.5, 0.6) is 11.5 Å². The molecule has 0 fully saturated rings. The van der Waals surface area contributed by atoms with Gasteiger partial charge in [0.05, 0.1) is 6.04 Å². The third kappa shape index (κ3) is 4.97. The summed E-state index contributed by atoms with van der Waals surface area (Å²) >= 11 is 9.67. The molecule has 184 valence electrons. The lowest BCUT2D eigenvalue weighted by atomic mass is 9.93. The standard InChI is InChI=1S/C31H24BrClN2O2/c32-24-6-3-7-26(17-24)34-31(28-15-20-4-1-2-5-21(20)16-29(28)36)22-8-13-30-23(14-22)18-35(19-37-30)27-11-9-25(33)10-12-27/h1-17,31,34,36H,18-19H2. The molecule has 0 aliphatic carbocycles. The van der Waals surface area contributed by atoms with Gasteiger partial charge in [0.2, 0.25) is 0 Å². The second-order valence-electron chi connectivity index (χ2n) is 9.16. The highest BCUT2D eigenvalue weighted by Gasteiger charge is 2.23. The van der Waals surface area contributed by atoms with E-state index < -0.39 is 0 Å². The van der Waals surface area contributed by atoms with E-state index in [0.717, 1.165) is 49.1 Å². The van der Waals surface area contributed by atoms with Crippen molar-refractivity contribution < 1.29 is 9.84 Å². The molecule has 0 spiro atoms. The van der Waals surface area contributed by atoms with E-state index in [2.05, 4.69) is 50.4 Å². The van der Waals surface area contributed by atoms with Gasteiger partial charge in [-0.3, -0.25) is 0 Å². The van der Waals surface area contributed by atoms with Crippen LogP contribution >= 0.6 is 27.5 Å². The zero-order valence-corrected chi connectivity index (χ0v) is 22.2. The van der Waals surface area contributed by atoms with E-state index in [0.29, 0.717) is 18.3 Å². The van der Waals surface area contributed by atoms with Crippen molar-refractivity contribution in [3.8, 4) is 11.5 Å². The quantitative estimate of drug-likeness (QED) is 0.222. The molecule has 6 heteroatoms. The average Bonchev–Trinajstić information content (AvgIpc) is 2.91. The van der Waals surface area contributed by atoms with Crippen LogP contribution < -0.4 is 15.0 Å². The normalized spacial score (nSPS) is 13.6. The predicted octanol–water partition coefficient (Wildman–Crippen LogP) is 8.52. The third-order valence-electron chi connectivity index (χ3n) is 6.69. The number of hydrogen-bond donors (Lipinski definition) is 2. The van der Waals surface area contributed by atoms with Crippen LogP contribution in [0.25, 0.3) is 10.8 Å². The topological polar surface area (TPSA) is 44.7 Å². The fourth-order valence-electron chi connectivity index (χ4n) is 4.82. The molecule has 0 saturated heterocycles. The van der Waals surface area contributed by atoms with E-state index in [9.17, 15) is 5.11 Å². The molecule has 0 amide bonds. The van der Waals surface area contributed by atoms with E-state index >= 15 is 0 Å². The van der Waals surface area contributed by atoms with Crippen molar-refractivity contribution in [1.82, 2.24) is 0 Å². The molecule has 6 rings (SSSR count). The first-order valence-corrected chi connectivity index (χ1v) is 13.2. The molecule has 0 aromatic heterocycles. The number of nitrogens with one attached hydrogen (secondary N) is 1. The van der Waals surface area contributed by atoms with Gasteiger partial charge < -0.3 is 20.1 Å². The maximum atomic E-state index is 11.1. The molecular weight excluding hydrogens is 548 g/mol. The highest BCUT2D eigenvalue weighted by atomic mass is 79.9. The molecule has 1 aliphatic heterocycles. The highest BCUT2D eigenvalue weighted by molar-refractivity contribution is 9.10. The summed E-state index contributed by atoms with van der Waals surface area (Å²) in [5.74, 6) is 1.13.